The van der Waals surface area contributed by atoms with Crippen molar-refractivity contribution in [1.82, 2.24) is 10.2 Å². The van der Waals surface area contributed by atoms with Crippen LogP contribution in [0.25, 0.3) is 0 Å². The number of carbonyl (C=O) groups is 3. The normalized spacial score (nSPS) is 24.4. The number of imide groups is 2. The maximum absolute atomic E-state index is 13.9. The first-order chi connectivity index (χ1) is 15.9. The minimum Gasteiger partial charge on any atom is -0.367 e. The number of carbonyl (C=O) groups excluding carboxylic acids is 3. The van der Waals surface area contributed by atoms with Gasteiger partial charge in [-0.1, -0.05) is 30.3 Å². The molecule has 9 heteroatoms. The summed E-state index contributed by atoms with van der Waals surface area (Å²) >= 11 is 0. The highest BCUT2D eigenvalue weighted by atomic mass is 16.6. The second-order valence-corrected chi connectivity index (χ2v) is 8.87. The average Bonchev–Trinajstić information content (AvgIpc) is 2.82. The molecule has 4 amide bonds. The average molecular weight is 448 g/mol. The van der Waals surface area contributed by atoms with Crippen molar-refractivity contribution in [3.63, 3.8) is 0 Å². The third-order valence-electron chi connectivity index (χ3n) is 7.09. The summed E-state index contributed by atoms with van der Waals surface area (Å²) < 4.78 is 0. The van der Waals surface area contributed by atoms with Crippen molar-refractivity contribution in [3.8, 4) is 0 Å². The summed E-state index contributed by atoms with van der Waals surface area (Å²) in [7, 11) is 0. The van der Waals surface area contributed by atoms with Crippen molar-refractivity contribution >= 4 is 29.2 Å². The number of fused-ring (bicyclic) bond motifs is 4. The van der Waals surface area contributed by atoms with Crippen LogP contribution in [0.15, 0.2) is 48.5 Å². The Hall–Kier alpha value is -3.75. The summed E-state index contributed by atoms with van der Waals surface area (Å²) in [6.07, 6.45) is 2.90. The van der Waals surface area contributed by atoms with E-state index in [9.17, 15) is 24.5 Å². The second-order valence-electron chi connectivity index (χ2n) is 8.87. The van der Waals surface area contributed by atoms with Crippen molar-refractivity contribution in [1.29, 1.82) is 0 Å². The highest BCUT2D eigenvalue weighted by Crippen LogP contribution is 2.48. The molecule has 0 aromatic heterocycles. The fraction of sp³-hybridized carbons (Fsp3) is 0.375. The second kappa shape index (κ2) is 7.99. The molecule has 2 aromatic carbocycles. The van der Waals surface area contributed by atoms with E-state index in [1.54, 1.807) is 6.07 Å². The largest absolute Gasteiger partial charge is 0.367 e. The van der Waals surface area contributed by atoms with Crippen LogP contribution in [-0.4, -0.2) is 46.8 Å². The lowest BCUT2D eigenvalue weighted by Gasteiger charge is -2.53. The Bertz CT molecular complexity index is 1150. The molecule has 2 saturated heterocycles. The Labute approximate surface area is 190 Å². The highest BCUT2D eigenvalue weighted by Gasteiger charge is 2.62. The number of nitro groups is 1. The molecule has 3 heterocycles. The fourth-order valence-corrected chi connectivity index (χ4v) is 5.50. The van der Waals surface area contributed by atoms with Gasteiger partial charge < -0.3 is 4.90 Å². The van der Waals surface area contributed by atoms with Crippen molar-refractivity contribution < 1.29 is 19.3 Å². The predicted octanol–water partition coefficient (Wildman–Crippen LogP) is 2.82. The molecule has 3 aliphatic rings. The molecule has 0 unspecified atom stereocenters. The summed E-state index contributed by atoms with van der Waals surface area (Å²) in [4.78, 5) is 54.0. The van der Waals surface area contributed by atoms with Gasteiger partial charge in [-0.15, -0.1) is 0 Å². The SMILES string of the molecule is O=C1NC(=O)[C@@]2(Cc3cc([N+](=O)[O-])ccc3N3CCCC[C@H]32)C(=O)N1CCc1ccccc1. The van der Waals surface area contributed by atoms with Crippen LogP contribution in [0.1, 0.15) is 30.4 Å². The Morgan fingerprint density at radius 3 is 2.64 bits per heavy atom. The van der Waals surface area contributed by atoms with Crippen LogP contribution >= 0.6 is 0 Å². The van der Waals surface area contributed by atoms with E-state index in [-0.39, 0.29) is 18.7 Å². The molecule has 0 radical (unpaired) electrons. The van der Waals surface area contributed by atoms with E-state index in [0.29, 0.717) is 24.9 Å². The molecule has 0 saturated carbocycles. The third kappa shape index (κ3) is 3.35. The summed E-state index contributed by atoms with van der Waals surface area (Å²) in [5.41, 5.74) is 0.813. The molecule has 2 aromatic rings. The summed E-state index contributed by atoms with van der Waals surface area (Å²) in [5.74, 6) is -1.12. The van der Waals surface area contributed by atoms with Gasteiger partial charge in [0.1, 0.15) is 0 Å². The number of urea groups is 1. The zero-order chi connectivity index (χ0) is 23.2. The smallest absolute Gasteiger partial charge is 0.330 e. The zero-order valence-corrected chi connectivity index (χ0v) is 18.0. The molecular weight excluding hydrogens is 424 g/mol. The lowest BCUT2D eigenvalue weighted by molar-refractivity contribution is -0.384. The van der Waals surface area contributed by atoms with Gasteiger partial charge in [-0.25, -0.2) is 4.79 Å². The van der Waals surface area contributed by atoms with Crippen LogP contribution in [0, 0.1) is 15.5 Å². The van der Waals surface area contributed by atoms with Crippen molar-refractivity contribution in [2.45, 2.75) is 38.1 Å². The van der Waals surface area contributed by atoms with Crippen molar-refractivity contribution in [2.24, 2.45) is 5.41 Å². The van der Waals surface area contributed by atoms with Gasteiger partial charge in [0.2, 0.25) is 11.8 Å². The number of rotatable bonds is 4. The first-order valence-electron chi connectivity index (χ1n) is 11.2. The maximum atomic E-state index is 13.9. The number of barbiturate groups is 1. The number of amides is 4. The van der Waals surface area contributed by atoms with Crippen LogP contribution < -0.4 is 10.2 Å². The Kier molecular flexibility index (Phi) is 5.11. The number of non-ortho nitro benzene ring substituents is 1. The van der Waals surface area contributed by atoms with Gasteiger partial charge >= 0.3 is 6.03 Å². The van der Waals surface area contributed by atoms with Crippen LogP contribution in [-0.2, 0) is 22.4 Å². The van der Waals surface area contributed by atoms with Crippen molar-refractivity contribution in [2.75, 3.05) is 18.0 Å². The van der Waals surface area contributed by atoms with Gasteiger partial charge in [-0.2, -0.15) is 0 Å². The van der Waals surface area contributed by atoms with E-state index >= 15 is 0 Å². The standard InChI is InChI=1S/C24H24N4O5/c29-21-24(22(30)27(23(31)25-21)13-11-16-6-2-1-3-7-16)15-17-14-18(28(32)33)9-10-19(17)26-12-5-4-8-20(24)26/h1-3,6-7,9-10,14,20H,4-5,8,11-13,15H2,(H,25,29,31)/t20-,24-/m0/s1. The lowest BCUT2D eigenvalue weighted by atomic mass is 9.66. The summed E-state index contributed by atoms with van der Waals surface area (Å²) in [5, 5.41) is 13.8. The third-order valence-corrected chi connectivity index (χ3v) is 7.09. The summed E-state index contributed by atoms with van der Waals surface area (Å²) in [6, 6.07) is 13.0. The Balaban J connectivity index is 1.54. The molecule has 33 heavy (non-hydrogen) atoms. The van der Waals surface area contributed by atoms with Gasteiger partial charge in [0, 0.05) is 37.3 Å². The van der Waals surface area contributed by atoms with Crippen LogP contribution in [0.2, 0.25) is 0 Å². The lowest BCUT2D eigenvalue weighted by Crippen LogP contribution is -2.72. The van der Waals surface area contributed by atoms with E-state index in [1.807, 2.05) is 35.2 Å². The van der Waals surface area contributed by atoms with E-state index in [0.717, 1.165) is 29.0 Å². The number of nitrogens with zero attached hydrogens (tertiary/aromatic N) is 3. The number of nitrogens with one attached hydrogen (secondary N) is 1. The first-order valence-corrected chi connectivity index (χ1v) is 11.2. The molecule has 0 bridgehead atoms. The van der Waals surface area contributed by atoms with Crippen LogP contribution in [0.4, 0.5) is 16.2 Å². The molecule has 1 spiro atoms. The van der Waals surface area contributed by atoms with E-state index in [4.69, 9.17) is 0 Å². The number of hydrogen-bond donors (Lipinski definition) is 1. The molecular formula is C24H24N4O5. The number of piperidine rings is 1. The van der Waals surface area contributed by atoms with Gasteiger partial charge in [0.25, 0.3) is 5.69 Å². The van der Waals surface area contributed by atoms with Gasteiger partial charge in [0.05, 0.1) is 11.0 Å². The van der Waals surface area contributed by atoms with E-state index < -0.39 is 34.2 Å². The number of nitro benzene ring substituents is 1. The van der Waals surface area contributed by atoms with Crippen molar-refractivity contribution in [3.05, 3.63) is 69.8 Å². The highest BCUT2D eigenvalue weighted by molar-refractivity contribution is 6.20. The van der Waals surface area contributed by atoms with Gasteiger partial charge in [-0.3, -0.25) is 29.9 Å². The van der Waals surface area contributed by atoms with Gasteiger partial charge in [0.15, 0.2) is 5.41 Å². The maximum Gasteiger partial charge on any atom is 0.330 e. The molecule has 9 nitrogen and oxygen atoms in total. The molecule has 170 valence electrons. The monoisotopic (exact) mass is 448 g/mol. The number of benzene rings is 2. The zero-order valence-electron chi connectivity index (χ0n) is 18.0. The molecule has 2 fully saturated rings. The predicted molar refractivity (Wildman–Crippen MR) is 120 cm³/mol. The molecule has 1 N–H and O–H groups in total. The summed E-state index contributed by atoms with van der Waals surface area (Å²) in [6.45, 7) is 0.800. The molecule has 2 atom stereocenters. The van der Waals surface area contributed by atoms with E-state index in [2.05, 4.69) is 5.32 Å². The Morgan fingerprint density at radius 2 is 1.88 bits per heavy atom. The fourth-order valence-electron chi connectivity index (χ4n) is 5.50. The molecule has 5 rings (SSSR count). The quantitative estimate of drug-likeness (QED) is 0.437. The molecule has 3 aliphatic heterocycles. The number of hydrogen-bond acceptors (Lipinski definition) is 6. The molecule has 0 aliphatic carbocycles. The van der Waals surface area contributed by atoms with Crippen LogP contribution in [0.5, 0.6) is 0 Å². The number of anilines is 1. The Morgan fingerprint density at radius 1 is 1.09 bits per heavy atom. The first kappa shape index (κ1) is 21.1. The van der Waals surface area contributed by atoms with Gasteiger partial charge in [-0.05, 0) is 42.9 Å². The minimum absolute atomic E-state index is 0.0327. The topological polar surface area (TPSA) is 113 Å². The van der Waals surface area contributed by atoms with E-state index in [1.165, 1.54) is 12.1 Å². The minimum atomic E-state index is -1.49. The van der Waals surface area contributed by atoms with Crippen LogP contribution in [0.3, 0.4) is 0 Å².